The third-order valence-corrected chi connectivity index (χ3v) is 6.73. The van der Waals surface area contributed by atoms with Gasteiger partial charge < -0.3 is 4.74 Å². The second-order valence-corrected chi connectivity index (χ2v) is 9.27. The fourth-order valence-corrected chi connectivity index (χ4v) is 4.97. The molecular formula is C21H23ClN2O4S. The van der Waals surface area contributed by atoms with Crippen LogP contribution in [0.1, 0.15) is 43.9 Å². The van der Waals surface area contributed by atoms with E-state index in [1.165, 1.54) is 11.1 Å². The lowest BCUT2D eigenvalue weighted by Crippen LogP contribution is -2.16. The van der Waals surface area contributed by atoms with E-state index in [0.717, 1.165) is 5.56 Å². The molecule has 0 atom stereocenters. The van der Waals surface area contributed by atoms with Crippen molar-refractivity contribution in [2.24, 2.45) is 0 Å². The Hall–Kier alpha value is -2.38. The molecule has 3 rings (SSSR count). The van der Waals surface area contributed by atoms with Crippen molar-refractivity contribution < 1.29 is 17.9 Å². The van der Waals surface area contributed by atoms with Crippen molar-refractivity contribution in [2.75, 3.05) is 7.11 Å². The molecule has 0 aliphatic carbocycles. The van der Waals surface area contributed by atoms with Crippen molar-refractivity contribution in [3.05, 3.63) is 58.9 Å². The van der Waals surface area contributed by atoms with E-state index in [2.05, 4.69) is 9.72 Å². The maximum absolute atomic E-state index is 13.6. The van der Waals surface area contributed by atoms with Crippen LogP contribution in [0.5, 0.6) is 0 Å². The number of aromatic nitrogens is 2. The van der Waals surface area contributed by atoms with E-state index in [1.807, 2.05) is 19.9 Å². The van der Waals surface area contributed by atoms with Gasteiger partial charge in [-0.2, -0.15) is 0 Å². The zero-order chi connectivity index (χ0) is 21.2. The monoisotopic (exact) mass is 434 g/mol. The lowest BCUT2D eigenvalue weighted by atomic mass is 10.0. The molecule has 0 N–H and O–H groups in total. The summed E-state index contributed by atoms with van der Waals surface area (Å²) in [6.07, 6.45) is 1.04. The zero-order valence-electron chi connectivity index (χ0n) is 16.6. The van der Waals surface area contributed by atoms with Crippen molar-refractivity contribution in [2.45, 2.75) is 43.9 Å². The van der Waals surface area contributed by atoms with Gasteiger partial charge in [0.15, 0.2) is 0 Å². The number of pyridine rings is 1. The number of rotatable bonds is 7. The van der Waals surface area contributed by atoms with Gasteiger partial charge in [-0.05, 0) is 54.7 Å². The van der Waals surface area contributed by atoms with E-state index in [-0.39, 0.29) is 28.4 Å². The predicted octanol–water partition coefficient (Wildman–Crippen LogP) is 4.55. The fourth-order valence-electron chi connectivity index (χ4n) is 3.20. The van der Waals surface area contributed by atoms with Crippen LogP contribution in [0.4, 0.5) is 0 Å². The van der Waals surface area contributed by atoms with Crippen LogP contribution in [0.15, 0.2) is 47.4 Å². The number of hydrogen-bond donors (Lipinski definition) is 0. The summed E-state index contributed by atoms with van der Waals surface area (Å²) in [4.78, 5) is 15.9. The van der Waals surface area contributed by atoms with Crippen LogP contribution in [-0.4, -0.2) is 30.5 Å². The number of benzene rings is 1. The number of ether oxygens (including phenoxy) is 1. The van der Waals surface area contributed by atoms with E-state index < -0.39 is 10.0 Å². The molecule has 6 nitrogen and oxygen atoms in total. The van der Waals surface area contributed by atoms with Crippen molar-refractivity contribution in [3.8, 4) is 0 Å². The average molecular weight is 435 g/mol. The summed E-state index contributed by atoms with van der Waals surface area (Å²) in [5, 5.41) is 0.287. The van der Waals surface area contributed by atoms with Crippen molar-refractivity contribution >= 4 is 38.6 Å². The maximum atomic E-state index is 13.6. The largest absolute Gasteiger partial charge is 0.469 e. The van der Waals surface area contributed by atoms with Crippen molar-refractivity contribution in [3.63, 3.8) is 0 Å². The topological polar surface area (TPSA) is 78.3 Å². The highest BCUT2D eigenvalue weighted by Crippen LogP contribution is 2.28. The molecule has 2 heterocycles. The highest BCUT2D eigenvalue weighted by molar-refractivity contribution is 7.90. The molecule has 0 spiro atoms. The van der Waals surface area contributed by atoms with E-state index in [9.17, 15) is 13.2 Å². The minimum Gasteiger partial charge on any atom is -0.469 e. The second-order valence-electron chi connectivity index (χ2n) is 7.10. The molecule has 0 saturated carbocycles. The molecule has 8 heteroatoms. The fraction of sp³-hybridized carbons (Fsp3) is 0.333. The zero-order valence-corrected chi connectivity index (χ0v) is 18.1. The number of hydrogen-bond acceptors (Lipinski definition) is 5. The highest BCUT2D eigenvalue weighted by atomic mass is 35.5. The molecular weight excluding hydrogens is 412 g/mol. The number of nitrogens with zero attached hydrogens (tertiary/aromatic N) is 2. The molecule has 0 radical (unpaired) electrons. The van der Waals surface area contributed by atoms with Gasteiger partial charge in [0, 0.05) is 12.1 Å². The lowest BCUT2D eigenvalue weighted by Gasteiger charge is -2.14. The predicted molar refractivity (Wildman–Crippen MR) is 113 cm³/mol. The molecule has 0 bridgehead atoms. The van der Waals surface area contributed by atoms with Gasteiger partial charge in [0.05, 0.1) is 23.0 Å². The average Bonchev–Trinajstić information content (AvgIpc) is 3.05. The molecule has 1 aromatic carbocycles. The van der Waals surface area contributed by atoms with Crippen LogP contribution < -0.4 is 0 Å². The van der Waals surface area contributed by atoms with Crippen molar-refractivity contribution in [1.82, 2.24) is 8.96 Å². The number of aryl methyl sites for hydroxylation is 1. The molecule has 0 aliphatic rings. The molecule has 3 aromatic rings. The molecule has 0 amide bonds. The smallest absolute Gasteiger partial charge is 0.305 e. The van der Waals surface area contributed by atoms with Gasteiger partial charge in [-0.15, -0.1) is 0 Å². The Morgan fingerprint density at radius 3 is 2.66 bits per heavy atom. The summed E-state index contributed by atoms with van der Waals surface area (Å²) in [5.41, 5.74) is 2.44. The van der Waals surface area contributed by atoms with Gasteiger partial charge in [-0.1, -0.05) is 37.6 Å². The van der Waals surface area contributed by atoms with Gasteiger partial charge in [-0.25, -0.2) is 17.4 Å². The Kier molecular flexibility index (Phi) is 6.29. The van der Waals surface area contributed by atoms with Crippen LogP contribution in [0.2, 0.25) is 5.15 Å². The van der Waals surface area contributed by atoms with Crippen LogP contribution in [0, 0.1) is 0 Å². The molecule has 0 fully saturated rings. The SMILES string of the molecule is COC(=O)CCCc1cc2nc(Cl)ccc2n1S(=O)(=O)c1cccc(C(C)C)c1. The van der Waals surface area contributed by atoms with Gasteiger partial charge in [0.2, 0.25) is 0 Å². The van der Waals surface area contributed by atoms with Crippen molar-refractivity contribution in [1.29, 1.82) is 0 Å². The summed E-state index contributed by atoms with van der Waals surface area (Å²) >= 11 is 6.00. The van der Waals surface area contributed by atoms with E-state index in [4.69, 9.17) is 11.6 Å². The Bertz CT molecular complexity index is 1150. The first-order valence-corrected chi connectivity index (χ1v) is 11.1. The summed E-state index contributed by atoms with van der Waals surface area (Å²) in [6, 6.07) is 11.9. The number of carbonyl (C=O) groups is 1. The number of methoxy groups -OCH3 is 1. The molecule has 2 aromatic heterocycles. The quantitative estimate of drug-likeness (QED) is 0.402. The highest BCUT2D eigenvalue weighted by Gasteiger charge is 2.24. The Morgan fingerprint density at radius 1 is 1.21 bits per heavy atom. The van der Waals surface area contributed by atoms with E-state index in [0.29, 0.717) is 29.6 Å². The second kappa shape index (κ2) is 8.55. The maximum Gasteiger partial charge on any atom is 0.305 e. The number of fused-ring (bicyclic) bond motifs is 1. The Morgan fingerprint density at radius 2 is 1.97 bits per heavy atom. The number of esters is 1. The first-order valence-electron chi connectivity index (χ1n) is 9.33. The third-order valence-electron chi connectivity index (χ3n) is 4.76. The van der Waals surface area contributed by atoms with Gasteiger partial charge >= 0.3 is 5.97 Å². The first kappa shape index (κ1) is 21.3. The Balaban J connectivity index is 2.11. The number of carbonyl (C=O) groups excluding carboxylic acids is 1. The number of halogens is 1. The van der Waals surface area contributed by atoms with Gasteiger partial charge in [-0.3, -0.25) is 4.79 Å². The minimum absolute atomic E-state index is 0.201. The standard InChI is InChI=1S/C21H23ClN2O4S/c1-14(2)15-6-4-8-17(12-15)29(26,27)24-16(7-5-9-21(25)28-3)13-18-19(24)10-11-20(22)23-18/h4,6,8,10-14H,5,7,9H2,1-3H3. The molecule has 29 heavy (non-hydrogen) atoms. The summed E-state index contributed by atoms with van der Waals surface area (Å²) in [6.45, 7) is 4.03. The third kappa shape index (κ3) is 4.46. The molecule has 0 saturated heterocycles. The van der Waals surface area contributed by atoms with E-state index in [1.54, 1.807) is 36.4 Å². The van der Waals surface area contributed by atoms with Crippen LogP contribution >= 0.6 is 11.6 Å². The van der Waals surface area contributed by atoms with E-state index >= 15 is 0 Å². The molecule has 154 valence electrons. The minimum atomic E-state index is -3.86. The Labute approximate surface area is 175 Å². The van der Waals surface area contributed by atoms with Crippen LogP contribution in [0.25, 0.3) is 11.0 Å². The summed E-state index contributed by atoms with van der Waals surface area (Å²) in [7, 11) is -2.53. The first-order chi connectivity index (χ1) is 13.7. The molecule has 0 unspecified atom stereocenters. The molecule has 0 aliphatic heterocycles. The van der Waals surface area contributed by atoms with Gasteiger partial charge in [0.1, 0.15) is 5.15 Å². The lowest BCUT2D eigenvalue weighted by molar-refractivity contribution is -0.140. The van der Waals surface area contributed by atoms with Crippen LogP contribution in [0.3, 0.4) is 0 Å². The van der Waals surface area contributed by atoms with Gasteiger partial charge in [0.25, 0.3) is 10.0 Å². The van der Waals surface area contributed by atoms with Crippen LogP contribution in [-0.2, 0) is 26.0 Å². The summed E-state index contributed by atoms with van der Waals surface area (Å²) < 4.78 is 33.1. The summed E-state index contributed by atoms with van der Waals surface area (Å²) in [5.74, 6) is -0.132. The normalized spacial score (nSPS) is 11.9.